The molecule has 1 aromatic heterocycles. The maximum absolute atomic E-state index is 12.0. The van der Waals surface area contributed by atoms with Gasteiger partial charge in [0.1, 0.15) is 5.15 Å². The van der Waals surface area contributed by atoms with E-state index < -0.39 is 10.8 Å². The van der Waals surface area contributed by atoms with E-state index in [2.05, 4.69) is 10.3 Å². The van der Waals surface area contributed by atoms with E-state index >= 15 is 0 Å². The lowest BCUT2D eigenvalue weighted by atomic mass is 10.2. The molecule has 0 atom stereocenters. The van der Waals surface area contributed by atoms with Gasteiger partial charge < -0.3 is 5.32 Å². The Morgan fingerprint density at radius 2 is 1.90 bits per heavy atom. The molecule has 108 valence electrons. The van der Waals surface area contributed by atoms with Crippen LogP contribution < -0.4 is 5.32 Å². The van der Waals surface area contributed by atoms with Crippen molar-refractivity contribution in [3.8, 4) is 0 Å². The van der Waals surface area contributed by atoms with Gasteiger partial charge in [0.05, 0.1) is 26.2 Å². The van der Waals surface area contributed by atoms with Crippen LogP contribution in [0.15, 0.2) is 30.5 Å². The number of non-ortho nitro benzene ring substituents is 1. The molecule has 0 saturated heterocycles. The van der Waals surface area contributed by atoms with E-state index in [-0.39, 0.29) is 32.1 Å². The first-order valence-corrected chi connectivity index (χ1v) is 6.58. The van der Waals surface area contributed by atoms with Crippen molar-refractivity contribution in [3.05, 3.63) is 61.3 Å². The number of carbonyl (C=O) groups excluding carboxylic acids is 1. The lowest BCUT2D eigenvalue weighted by Gasteiger charge is -2.07. The molecule has 2 aromatic rings. The fourth-order valence-corrected chi connectivity index (χ4v) is 1.95. The Balaban J connectivity index is 2.23. The normalized spacial score (nSPS) is 10.2. The number of aromatic nitrogens is 1. The van der Waals surface area contributed by atoms with Crippen LogP contribution in [0, 0.1) is 10.1 Å². The van der Waals surface area contributed by atoms with Crippen molar-refractivity contribution in [1.82, 2.24) is 4.98 Å². The van der Waals surface area contributed by atoms with Crippen LogP contribution in [-0.4, -0.2) is 15.8 Å². The molecule has 1 heterocycles. The smallest absolute Gasteiger partial charge is 0.271 e. The monoisotopic (exact) mass is 345 g/mol. The summed E-state index contributed by atoms with van der Waals surface area (Å²) in [5, 5.41) is 13.4. The van der Waals surface area contributed by atoms with Gasteiger partial charge in [0.2, 0.25) is 0 Å². The molecule has 0 bridgehead atoms. The Kier molecular flexibility index (Phi) is 4.62. The Morgan fingerprint density at radius 3 is 2.48 bits per heavy atom. The molecular weight excluding hydrogens is 341 g/mol. The summed E-state index contributed by atoms with van der Waals surface area (Å²) in [5.41, 5.74) is 0.242. The molecule has 1 N–H and O–H groups in total. The predicted octanol–water partition coefficient (Wildman–Crippen LogP) is 4.20. The summed E-state index contributed by atoms with van der Waals surface area (Å²) in [6.07, 6.45) is 1.25. The Morgan fingerprint density at radius 1 is 1.19 bits per heavy atom. The van der Waals surface area contributed by atoms with Gasteiger partial charge in [0, 0.05) is 18.3 Å². The van der Waals surface area contributed by atoms with Crippen LogP contribution in [0.4, 0.5) is 11.4 Å². The van der Waals surface area contributed by atoms with Gasteiger partial charge in [0.25, 0.3) is 11.6 Å². The van der Waals surface area contributed by atoms with E-state index in [9.17, 15) is 14.9 Å². The first-order chi connectivity index (χ1) is 9.88. The zero-order valence-corrected chi connectivity index (χ0v) is 12.4. The third kappa shape index (κ3) is 3.60. The van der Waals surface area contributed by atoms with Gasteiger partial charge in [-0.2, -0.15) is 0 Å². The molecule has 0 spiro atoms. The molecule has 9 heteroatoms. The molecule has 1 aromatic carbocycles. The highest BCUT2D eigenvalue weighted by Gasteiger charge is 2.14. The van der Waals surface area contributed by atoms with Crippen LogP contribution >= 0.6 is 34.8 Å². The Bertz CT molecular complexity index is 737. The maximum atomic E-state index is 12.0. The highest BCUT2D eigenvalue weighted by molar-refractivity contribution is 6.41. The third-order valence-corrected chi connectivity index (χ3v) is 3.47. The van der Waals surface area contributed by atoms with Crippen molar-refractivity contribution in [3.63, 3.8) is 0 Å². The second kappa shape index (κ2) is 6.26. The van der Waals surface area contributed by atoms with Crippen molar-refractivity contribution in [2.75, 3.05) is 5.32 Å². The molecule has 0 radical (unpaired) electrons. The number of hydrogen-bond acceptors (Lipinski definition) is 4. The first-order valence-electron chi connectivity index (χ1n) is 5.45. The minimum atomic E-state index is -0.583. The first kappa shape index (κ1) is 15.5. The standard InChI is InChI=1S/C12H6Cl3N3O3/c13-8-4-7(18(20)21)1-2-10(8)17-12(19)6-3-9(14)11(15)16-5-6/h1-5H,(H,17,19). The molecule has 0 aliphatic carbocycles. The minimum Gasteiger partial charge on any atom is -0.321 e. The lowest BCUT2D eigenvalue weighted by Crippen LogP contribution is -2.12. The summed E-state index contributed by atoms with van der Waals surface area (Å²) >= 11 is 17.3. The largest absolute Gasteiger partial charge is 0.321 e. The van der Waals surface area contributed by atoms with E-state index in [1.807, 2.05) is 0 Å². The van der Waals surface area contributed by atoms with Gasteiger partial charge in [-0.15, -0.1) is 0 Å². The van der Waals surface area contributed by atoms with Crippen molar-refractivity contribution in [1.29, 1.82) is 0 Å². The molecular formula is C12H6Cl3N3O3. The number of rotatable bonds is 3. The minimum absolute atomic E-state index is 0.0468. The number of hydrogen-bond donors (Lipinski definition) is 1. The lowest BCUT2D eigenvalue weighted by molar-refractivity contribution is -0.384. The summed E-state index contributed by atoms with van der Waals surface area (Å²) in [6.45, 7) is 0. The Labute approximate surface area is 133 Å². The van der Waals surface area contributed by atoms with Gasteiger partial charge in [0.15, 0.2) is 0 Å². The SMILES string of the molecule is O=C(Nc1ccc([N+](=O)[O-])cc1Cl)c1cnc(Cl)c(Cl)c1. The van der Waals surface area contributed by atoms with Gasteiger partial charge in [-0.25, -0.2) is 4.98 Å². The third-order valence-electron chi connectivity index (χ3n) is 2.47. The van der Waals surface area contributed by atoms with Crippen molar-refractivity contribution >= 4 is 52.1 Å². The number of benzene rings is 1. The van der Waals surface area contributed by atoms with Crippen LogP contribution in [0.3, 0.4) is 0 Å². The number of nitrogens with one attached hydrogen (secondary N) is 1. The molecule has 0 saturated carbocycles. The topological polar surface area (TPSA) is 85.1 Å². The van der Waals surface area contributed by atoms with Gasteiger partial charge in [-0.05, 0) is 12.1 Å². The van der Waals surface area contributed by atoms with E-state index in [0.717, 1.165) is 6.07 Å². The molecule has 0 fully saturated rings. The molecule has 21 heavy (non-hydrogen) atoms. The van der Waals surface area contributed by atoms with E-state index in [4.69, 9.17) is 34.8 Å². The number of nitrogens with zero attached hydrogens (tertiary/aromatic N) is 2. The van der Waals surface area contributed by atoms with Crippen LogP contribution in [0.5, 0.6) is 0 Å². The molecule has 0 unspecified atom stereocenters. The van der Waals surface area contributed by atoms with E-state index in [1.165, 1.54) is 24.4 Å². The summed E-state index contributed by atoms with van der Waals surface area (Å²) < 4.78 is 0. The number of carbonyl (C=O) groups is 1. The fourth-order valence-electron chi connectivity index (χ4n) is 1.46. The number of amides is 1. The summed E-state index contributed by atoms with van der Waals surface area (Å²) in [7, 11) is 0. The zero-order chi connectivity index (χ0) is 15.6. The average Bonchev–Trinajstić information content (AvgIpc) is 2.43. The highest BCUT2D eigenvalue weighted by atomic mass is 35.5. The van der Waals surface area contributed by atoms with Crippen molar-refractivity contribution in [2.24, 2.45) is 0 Å². The fraction of sp³-hybridized carbons (Fsp3) is 0. The summed E-state index contributed by atoms with van der Waals surface area (Å²) in [4.78, 5) is 25.8. The Hall–Kier alpha value is -1.89. The van der Waals surface area contributed by atoms with Gasteiger partial charge in [-0.3, -0.25) is 14.9 Å². The molecule has 0 aliphatic heterocycles. The number of nitro benzene ring substituents is 1. The maximum Gasteiger partial charge on any atom is 0.271 e. The van der Waals surface area contributed by atoms with Gasteiger partial charge >= 0.3 is 0 Å². The zero-order valence-electron chi connectivity index (χ0n) is 10.1. The summed E-state index contributed by atoms with van der Waals surface area (Å²) in [5.74, 6) is -0.517. The molecule has 2 rings (SSSR count). The molecule has 6 nitrogen and oxygen atoms in total. The number of halogens is 3. The van der Waals surface area contributed by atoms with Crippen molar-refractivity contribution < 1.29 is 9.72 Å². The predicted molar refractivity (Wildman–Crippen MR) is 80.3 cm³/mol. The van der Waals surface area contributed by atoms with Crippen molar-refractivity contribution in [2.45, 2.75) is 0 Å². The van der Waals surface area contributed by atoms with Crippen LogP contribution in [-0.2, 0) is 0 Å². The number of nitro groups is 1. The quantitative estimate of drug-likeness (QED) is 0.512. The van der Waals surface area contributed by atoms with Crippen LogP contribution in [0.25, 0.3) is 0 Å². The van der Waals surface area contributed by atoms with Crippen LogP contribution in [0.2, 0.25) is 15.2 Å². The van der Waals surface area contributed by atoms with Gasteiger partial charge in [-0.1, -0.05) is 34.8 Å². The second-order valence-electron chi connectivity index (χ2n) is 3.87. The molecule has 1 amide bonds. The molecule has 0 aliphatic rings. The van der Waals surface area contributed by atoms with Crippen LogP contribution in [0.1, 0.15) is 10.4 Å². The van der Waals surface area contributed by atoms with E-state index in [1.54, 1.807) is 0 Å². The number of anilines is 1. The highest BCUT2D eigenvalue weighted by Crippen LogP contribution is 2.27. The summed E-state index contributed by atoms with van der Waals surface area (Å²) in [6, 6.07) is 5.06. The van der Waals surface area contributed by atoms with E-state index in [0.29, 0.717) is 0 Å². The number of pyridine rings is 1. The average molecular weight is 347 g/mol. The second-order valence-corrected chi connectivity index (χ2v) is 5.04.